The first-order valence-corrected chi connectivity index (χ1v) is 13.3. The van der Waals surface area contributed by atoms with E-state index in [-0.39, 0.29) is 29.1 Å². The van der Waals surface area contributed by atoms with Gasteiger partial charge in [0.1, 0.15) is 11.6 Å². The lowest BCUT2D eigenvalue weighted by atomic mass is 10.1. The molecule has 0 spiro atoms. The molecule has 1 saturated heterocycles. The lowest BCUT2D eigenvalue weighted by Gasteiger charge is -2.15. The zero-order chi connectivity index (χ0) is 24.3. The van der Waals surface area contributed by atoms with Crippen LogP contribution in [-0.2, 0) is 27.8 Å². The fourth-order valence-electron chi connectivity index (χ4n) is 4.44. The Bertz CT molecular complexity index is 1270. The molecule has 9 heteroatoms. The van der Waals surface area contributed by atoms with Gasteiger partial charge >= 0.3 is 0 Å². The summed E-state index contributed by atoms with van der Waals surface area (Å²) in [5.41, 5.74) is 2.33. The third-order valence-electron chi connectivity index (χ3n) is 6.27. The minimum Gasteiger partial charge on any atom is -0.350 e. The first-order valence-electron chi connectivity index (χ1n) is 11.8. The largest absolute Gasteiger partial charge is 0.350 e. The lowest BCUT2D eigenvalue weighted by Crippen LogP contribution is -2.27. The first-order chi connectivity index (χ1) is 16.3. The number of amides is 1. The van der Waals surface area contributed by atoms with Crippen molar-refractivity contribution >= 4 is 27.0 Å². The molecule has 0 saturated carbocycles. The van der Waals surface area contributed by atoms with Crippen molar-refractivity contribution in [2.24, 2.45) is 0 Å². The van der Waals surface area contributed by atoms with Crippen molar-refractivity contribution in [1.82, 2.24) is 19.2 Å². The normalized spacial score (nSPS) is 15.6. The van der Waals surface area contributed by atoms with Gasteiger partial charge in [0.25, 0.3) is 0 Å². The number of halogens is 1. The van der Waals surface area contributed by atoms with Gasteiger partial charge in [-0.05, 0) is 62.1 Å². The Morgan fingerprint density at radius 1 is 1.15 bits per heavy atom. The molecule has 3 aromatic rings. The highest BCUT2D eigenvalue weighted by Crippen LogP contribution is 2.26. The molecule has 182 valence electrons. The summed E-state index contributed by atoms with van der Waals surface area (Å²) < 4.78 is 42.7. The van der Waals surface area contributed by atoms with Gasteiger partial charge in [0.15, 0.2) is 0 Å². The molecule has 1 aliphatic heterocycles. The number of nitrogens with zero attached hydrogens (tertiary/aromatic N) is 3. The molecule has 1 N–H and O–H groups in total. The van der Waals surface area contributed by atoms with Gasteiger partial charge < -0.3 is 9.88 Å². The average molecular weight is 487 g/mol. The van der Waals surface area contributed by atoms with Gasteiger partial charge in [0.05, 0.1) is 22.0 Å². The molecule has 34 heavy (non-hydrogen) atoms. The number of carbonyl (C=O) groups is 1. The van der Waals surface area contributed by atoms with Crippen molar-refractivity contribution in [2.45, 2.75) is 63.4 Å². The number of imidazole rings is 1. The Morgan fingerprint density at radius 2 is 1.85 bits per heavy atom. The smallest absolute Gasteiger partial charge is 0.243 e. The molecule has 2 heterocycles. The number of benzene rings is 2. The van der Waals surface area contributed by atoms with Crippen LogP contribution in [0.5, 0.6) is 0 Å². The number of nitrogens with one attached hydrogen (secondary N) is 1. The summed E-state index contributed by atoms with van der Waals surface area (Å²) in [6.07, 6.45) is 3.35. The second-order valence-electron chi connectivity index (χ2n) is 8.78. The molecular weight excluding hydrogens is 455 g/mol. The van der Waals surface area contributed by atoms with Crippen LogP contribution in [0.4, 0.5) is 4.39 Å². The van der Waals surface area contributed by atoms with Crippen LogP contribution in [0.15, 0.2) is 47.4 Å². The third-order valence-corrected chi connectivity index (χ3v) is 8.17. The van der Waals surface area contributed by atoms with Crippen molar-refractivity contribution in [3.05, 3.63) is 59.7 Å². The highest BCUT2D eigenvalue weighted by atomic mass is 32.2. The van der Waals surface area contributed by atoms with Crippen LogP contribution >= 0.6 is 0 Å². The molecule has 1 fully saturated rings. The van der Waals surface area contributed by atoms with Gasteiger partial charge in [0, 0.05) is 32.5 Å². The predicted molar refractivity (Wildman–Crippen MR) is 129 cm³/mol. The van der Waals surface area contributed by atoms with Gasteiger partial charge in [0.2, 0.25) is 15.9 Å². The molecule has 1 amide bonds. The van der Waals surface area contributed by atoms with Crippen molar-refractivity contribution < 1.29 is 17.6 Å². The number of fused-ring (bicyclic) bond motifs is 1. The minimum atomic E-state index is -3.52. The van der Waals surface area contributed by atoms with Crippen molar-refractivity contribution in [3.8, 4) is 0 Å². The van der Waals surface area contributed by atoms with Crippen molar-refractivity contribution in [2.75, 3.05) is 13.1 Å². The van der Waals surface area contributed by atoms with E-state index in [2.05, 4.69) is 16.8 Å². The fourth-order valence-corrected chi connectivity index (χ4v) is 5.97. The molecule has 1 aliphatic rings. The minimum absolute atomic E-state index is 0.121. The van der Waals surface area contributed by atoms with Crippen LogP contribution in [0.3, 0.4) is 0 Å². The van der Waals surface area contributed by atoms with Crippen molar-refractivity contribution in [3.63, 3.8) is 0 Å². The predicted octanol–water partition coefficient (Wildman–Crippen LogP) is 4.18. The standard InChI is InChI=1S/C25H31FN4O3S/c1-3-14-30-23-11-10-21(34(32,33)29-15-4-5-16-29)17-22(23)28-24(30)12-13-25(31)27-18(2)19-6-8-20(26)9-7-19/h6-11,17-18H,3-5,12-16H2,1-2H3,(H,27,31). The summed E-state index contributed by atoms with van der Waals surface area (Å²) in [4.78, 5) is 17.6. The van der Waals surface area contributed by atoms with Crippen molar-refractivity contribution in [1.29, 1.82) is 0 Å². The van der Waals surface area contributed by atoms with E-state index in [1.165, 1.54) is 16.4 Å². The lowest BCUT2D eigenvalue weighted by molar-refractivity contribution is -0.121. The second kappa shape index (κ2) is 10.2. The molecule has 0 bridgehead atoms. The molecule has 7 nitrogen and oxygen atoms in total. The Balaban J connectivity index is 1.50. The topological polar surface area (TPSA) is 84.3 Å². The summed E-state index contributed by atoms with van der Waals surface area (Å²) in [6.45, 7) is 5.78. The highest BCUT2D eigenvalue weighted by molar-refractivity contribution is 7.89. The molecule has 1 atom stereocenters. The maximum absolute atomic E-state index is 13.1. The monoisotopic (exact) mass is 486 g/mol. The quantitative estimate of drug-likeness (QED) is 0.492. The molecular formula is C25H31FN4O3S. The number of aryl methyl sites for hydroxylation is 2. The maximum atomic E-state index is 13.1. The molecule has 0 radical (unpaired) electrons. The zero-order valence-electron chi connectivity index (χ0n) is 19.6. The third kappa shape index (κ3) is 5.15. The highest BCUT2D eigenvalue weighted by Gasteiger charge is 2.28. The summed E-state index contributed by atoms with van der Waals surface area (Å²) in [7, 11) is -3.52. The Hall–Kier alpha value is -2.78. The van der Waals surface area contributed by atoms with Crippen LogP contribution in [-0.4, -0.2) is 41.3 Å². The van der Waals surface area contributed by atoms with E-state index in [1.807, 2.05) is 13.0 Å². The summed E-state index contributed by atoms with van der Waals surface area (Å²) in [5, 5.41) is 2.95. The number of rotatable bonds is 9. The van der Waals surface area contributed by atoms with Crippen LogP contribution in [0.25, 0.3) is 11.0 Å². The van der Waals surface area contributed by atoms with E-state index in [0.29, 0.717) is 25.0 Å². The molecule has 1 aromatic heterocycles. The van der Waals surface area contributed by atoms with E-state index >= 15 is 0 Å². The van der Waals surface area contributed by atoms with E-state index in [1.54, 1.807) is 24.3 Å². The summed E-state index contributed by atoms with van der Waals surface area (Å²) in [6, 6.07) is 11.0. The molecule has 2 aromatic carbocycles. The zero-order valence-corrected chi connectivity index (χ0v) is 20.4. The second-order valence-corrected chi connectivity index (χ2v) is 10.7. The molecule has 0 aliphatic carbocycles. The summed E-state index contributed by atoms with van der Waals surface area (Å²) in [5.74, 6) is 0.329. The SMILES string of the molecule is CCCn1c(CCC(=O)NC(C)c2ccc(F)cc2)nc2cc(S(=O)(=O)N3CCCC3)ccc21. The Morgan fingerprint density at radius 3 is 2.53 bits per heavy atom. The number of sulfonamides is 1. The average Bonchev–Trinajstić information content (AvgIpc) is 3.47. The number of carbonyl (C=O) groups excluding carboxylic acids is 1. The van der Waals surface area contributed by atoms with Gasteiger partial charge in [-0.15, -0.1) is 0 Å². The van der Waals surface area contributed by atoms with E-state index < -0.39 is 10.0 Å². The van der Waals surface area contributed by atoms with E-state index in [9.17, 15) is 17.6 Å². The Labute approximate surface area is 200 Å². The number of aromatic nitrogens is 2. The molecule has 4 rings (SSSR count). The van der Waals surface area contributed by atoms with Gasteiger partial charge in [-0.1, -0.05) is 19.1 Å². The van der Waals surface area contributed by atoms with Crippen LogP contribution < -0.4 is 5.32 Å². The number of hydrogen-bond acceptors (Lipinski definition) is 4. The first kappa shape index (κ1) is 24.3. The fraction of sp³-hybridized carbons (Fsp3) is 0.440. The maximum Gasteiger partial charge on any atom is 0.243 e. The van der Waals surface area contributed by atoms with E-state index in [0.717, 1.165) is 42.7 Å². The summed E-state index contributed by atoms with van der Waals surface area (Å²) >= 11 is 0. The van der Waals surface area contributed by atoms with Gasteiger partial charge in [-0.2, -0.15) is 4.31 Å². The van der Waals surface area contributed by atoms with Crippen LogP contribution in [0.1, 0.15) is 57.0 Å². The van der Waals surface area contributed by atoms with Crippen LogP contribution in [0, 0.1) is 5.82 Å². The van der Waals surface area contributed by atoms with E-state index in [4.69, 9.17) is 4.98 Å². The van der Waals surface area contributed by atoms with Gasteiger partial charge in [-0.3, -0.25) is 4.79 Å². The number of hydrogen-bond donors (Lipinski definition) is 1. The Kier molecular flexibility index (Phi) is 7.33. The molecule has 1 unspecified atom stereocenters. The van der Waals surface area contributed by atoms with Gasteiger partial charge in [-0.25, -0.2) is 17.8 Å². The van der Waals surface area contributed by atoms with Crippen LogP contribution in [0.2, 0.25) is 0 Å².